The maximum Gasteiger partial charge on any atom is 0.409 e. The molecule has 1 saturated carbocycles. The summed E-state index contributed by atoms with van der Waals surface area (Å²) >= 11 is 5.79. The number of rotatable bonds is 6. The van der Waals surface area contributed by atoms with Gasteiger partial charge in [-0.25, -0.2) is 17.6 Å². The first-order chi connectivity index (χ1) is 16.1. The van der Waals surface area contributed by atoms with Gasteiger partial charge in [0.25, 0.3) is 10.0 Å². The molecule has 0 spiro atoms. The van der Waals surface area contributed by atoms with Crippen molar-refractivity contribution in [2.45, 2.75) is 23.8 Å². The maximum atomic E-state index is 13.6. The number of hydrogen-bond donors (Lipinski definition) is 3. The average molecular weight is 509 g/mol. The molecule has 0 saturated heterocycles. The van der Waals surface area contributed by atoms with E-state index >= 15 is 0 Å². The number of hydrogen-bond acceptors (Lipinski definition) is 6. The molecule has 34 heavy (non-hydrogen) atoms. The highest BCUT2D eigenvalue weighted by Gasteiger charge is 2.50. The second-order valence-corrected chi connectivity index (χ2v) is 10.1. The molecule has 3 N–H and O–H groups in total. The molecule has 0 radical (unpaired) electrons. The molecular weight excluding hydrogens is 491 g/mol. The molecule has 1 unspecified atom stereocenters. The zero-order chi connectivity index (χ0) is 24.7. The first-order valence-electron chi connectivity index (χ1n) is 10.0. The second kappa shape index (κ2) is 8.66. The van der Waals surface area contributed by atoms with E-state index in [0.29, 0.717) is 12.8 Å². The van der Waals surface area contributed by atoms with Crippen LogP contribution in [0, 0.1) is 22.6 Å². The van der Waals surface area contributed by atoms with Crippen LogP contribution in [-0.4, -0.2) is 44.7 Å². The van der Waals surface area contributed by atoms with Gasteiger partial charge in [0.1, 0.15) is 23.1 Å². The molecule has 2 amide bonds. The van der Waals surface area contributed by atoms with Gasteiger partial charge in [0.2, 0.25) is 5.91 Å². The van der Waals surface area contributed by atoms with Crippen molar-refractivity contribution in [2.24, 2.45) is 5.41 Å². The standard InChI is InChI=1S/C21H18ClFN4O6S/c22-15-8-14(2-3-16(15)23)34(31,32)27-10-13(9-25-19(28)21(11-24)5-6-21)33-18-4-1-12(7-17(18)27)26-20(29)30/h1-4,7-8,13,26H,5-6,9-10H2,(H,25,28)(H,29,30). The topological polar surface area (TPSA) is 149 Å². The number of amides is 2. The van der Waals surface area contributed by atoms with Crippen molar-refractivity contribution in [3.8, 4) is 11.8 Å². The van der Waals surface area contributed by atoms with E-state index in [0.717, 1.165) is 22.5 Å². The predicted octanol–water partition coefficient (Wildman–Crippen LogP) is 2.95. The van der Waals surface area contributed by atoms with E-state index in [-0.39, 0.29) is 40.1 Å². The molecule has 178 valence electrons. The lowest BCUT2D eigenvalue weighted by molar-refractivity contribution is -0.124. The van der Waals surface area contributed by atoms with Crippen molar-refractivity contribution >= 4 is 45.0 Å². The number of carbonyl (C=O) groups excluding carboxylic acids is 1. The van der Waals surface area contributed by atoms with Crippen LogP contribution in [0.2, 0.25) is 5.02 Å². The van der Waals surface area contributed by atoms with Crippen LogP contribution in [0.1, 0.15) is 12.8 Å². The van der Waals surface area contributed by atoms with Gasteiger partial charge in [-0.1, -0.05) is 11.6 Å². The molecule has 2 aromatic carbocycles. The van der Waals surface area contributed by atoms with Crippen molar-refractivity contribution < 1.29 is 32.2 Å². The van der Waals surface area contributed by atoms with Crippen molar-refractivity contribution in [3.05, 3.63) is 47.2 Å². The van der Waals surface area contributed by atoms with Crippen LogP contribution in [0.5, 0.6) is 5.75 Å². The van der Waals surface area contributed by atoms with Crippen molar-refractivity contribution in [2.75, 3.05) is 22.7 Å². The number of nitrogens with zero attached hydrogens (tertiary/aromatic N) is 2. The Kier molecular flexibility index (Phi) is 6.01. The van der Waals surface area contributed by atoms with Gasteiger partial charge in [-0.05, 0) is 49.2 Å². The van der Waals surface area contributed by atoms with E-state index in [9.17, 15) is 27.7 Å². The van der Waals surface area contributed by atoms with Gasteiger partial charge in [-0.2, -0.15) is 5.26 Å². The zero-order valence-electron chi connectivity index (χ0n) is 17.4. The van der Waals surface area contributed by atoms with E-state index < -0.39 is 39.4 Å². The quantitative estimate of drug-likeness (QED) is 0.543. The van der Waals surface area contributed by atoms with Crippen LogP contribution in [0.4, 0.5) is 20.6 Å². The van der Waals surface area contributed by atoms with Gasteiger partial charge in [-0.15, -0.1) is 0 Å². The summed E-state index contributed by atoms with van der Waals surface area (Å²) in [6.45, 7) is -0.326. The average Bonchev–Trinajstić information content (AvgIpc) is 3.59. The molecule has 2 aromatic rings. The van der Waals surface area contributed by atoms with Crippen molar-refractivity contribution in [1.82, 2.24) is 5.32 Å². The fourth-order valence-corrected chi connectivity index (χ4v) is 5.27. The Labute approximate surface area is 198 Å². The van der Waals surface area contributed by atoms with Gasteiger partial charge in [0, 0.05) is 5.69 Å². The van der Waals surface area contributed by atoms with E-state index in [4.69, 9.17) is 21.4 Å². The Morgan fingerprint density at radius 3 is 2.65 bits per heavy atom. The van der Waals surface area contributed by atoms with Crippen molar-refractivity contribution in [3.63, 3.8) is 0 Å². The lowest BCUT2D eigenvalue weighted by atomic mass is 10.1. The van der Waals surface area contributed by atoms with Gasteiger partial charge >= 0.3 is 6.09 Å². The third kappa shape index (κ3) is 4.44. The molecule has 1 heterocycles. The molecule has 0 aromatic heterocycles. The Morgan fingerprint density at radius 2 is 2.03 bits per heavy atom. The molecule has 1 aliphatic heterocycles. The van der Waals surface area contributed by atoms with Gasteiger partial charge in [-0.3, -0.25) is 14.4 Å². The minimum Gasteiger partial charge on any atom is -0.484 e. The number of ether oxygens (including phenoxy) is 1. The molecule has 4 rings (SSSR count). The van der Waals surface area contributed by atoms with Crippen LogP contribution in [0.3, 0.4) is 0 Å². The van der Waals surface area contributed by atoms with Crippen LogP contribution >= 0.6 is 11.6 Å². The summed E-state index contributed by atoms with van der Waals surface area (Å²) in [5.41, 5.74) is -0.908. The van der Waals surface area contributed by atoms with Gasteiger partial charge < -0.3 is 15.2 Å². The van der Waals surface area contributed by atoms with Crippen LogP contribution < -0.4 is 19.7 Å². The Hall–Kier alpha value is -3.56. The highest BCUT2D eigenvalue weighted by molar-refractivity contribution is 7.92. The van der Waals surface area contributed by atoms with E-state index in [1.807, 2.05) is 6.07 Å². The predicted molar refractivity (Wildman–Crippen MR) is 119 cm³/mol. The number of nitriles is 1. The summed E-state index contributed by atoms with van der Waals surface area (Å²) in [5.74, 6) is -1.12. The number of carbonyl (C=O) groups is 2. The largest absolute Gasteiger partial charge is 0.484 e. The summed E-state index contributed by atoms with van der Waals surface area (Å²) in [7, 11) is -4.29. The number of halogens is 2. The minimum atomic E-state index is -4.29. The highest BCUT2D eigenvalue weighted by Crippen LogP contribution is 2.45. The zero-order valence-corrected chi connectivity index (χ0v) is 19.0. The van der Waals surface area contributed by atoms with E-state index in [1.54, 1.807) is 0 Å². The number of fused-ring (bicyclic) bond motifs is 1. The number of benzene rings is 2. The second-order valence-electron chi connectivity index (χ2n) is 7.87. The molecule has 13 heteroatoms. The summed E-state index contributed by atoms with van der Waals surface area (Å²) in [6.07, 6.45) is -1.26. The molecule has 10 nitrogen and oxygen atoms in total. The summed E-state index contributed by atoms with van der Waals surface area (Å²) < 4.78 is 47.4. The molecule has 1 aliphatic carbocycles. The minimum absolute atomic E-state index is 0.0463. The van der Waals surface area contributed by atoms with Crippen LogP contribution in [-0.2, 0) is 14.8 Å². The number of anilines is 2. The number of nitrogens with one attached hydrogen (secondary N) is 2. The normalized spacial score (nSPS) is 18.1. The summed E-state index contributed by atoms with van der Waals surface area (Å²) in [6, 6.07) is 9.02. The Balaban J connectivity index is 1.67. The smallest absolute Gasteiger partial charge is 0.409 e. The lowest BCUT2D eigenvalue weighted by Crippen LogP contribution is -2.49. The third-order valence-corrected chi connectivity index (χ3v) is 7.58. The van der Waals surface area contributed by atoms with E-state index in [1.165, 1.54) is 18.2 Å². The number of carboxylic acid groups (broad SMARTS) is 1. The molecule has 0 bridgehead atoms. The third-order valence-electron chi connectivity index (χ3n) is 5.51. The fraction of sp³-hybridized carbons (Fsp3) is 0.286. The fourth-order valence-electron chi connectivity index (χ4n) is 3.50. The van der Waals surface area contributed by atoms with Gasteiger partial charge in [0.05, 0.1) is 34.8 Å². The monoisotopic (exact) mass is 508 g/mol. The Bertz CT molecular complexity index is 1330. The molecular formula is C21H18ClFN4O6S. The van der Waals surface area contributed by atoms with Gasteiger partial charge in [0.15, 0.2) is 0 Å². The number of sulfonamides is 1. The first kappa shape index (κ1) is 23.6. The molecule has 2 aliphatic rings. The maximum absolute atomic E-state index is 13.6. The first-order valence-corrected chi connectivity index (χ1v) is 11.9. The SMILES string of the molecule is N#CC1(C(=O)NCC2CN(S(=O)(=O)c3ccc(F)c(Cl)c3)c3cc(NC(=O)O)ccc3O2)CC1. The lowest BCUT2D eigenvalue weighted by Gasteiger charge is -2.36. The summed E-state index contributed by atoms with van der Waals surface area (Å²) in [4.78, 5) is 23.1. The highest BCUT2D eigenvalue weighted by atomic mass is 35.5. The Morgan fingerprint density at radius 1 is 1.29 bits per heavy atom. The molecule has 1 atom stereocenters. The van der Waals surface area contributed by atoms with Crippen LogP contribution in [0.25, 0.3) is 0 Å². The summed E-state index contributed by atoms with van der Waals surface area (Å²) in [5, 5.41) is 22.6. The van der Waals surface area contributed by atoms with E-state index in [2.05, 4.69) is 10.6 Å². The molecule has 1 fully saturated rings. The van der Waals surface area contributed by atoms with Crippen LogP contribution in [0.15, 0.2) is 41.3 Å². The van der Waals surface area contributed by atoms with Crippen molar-refractivity contribution in [1.29, 1.82) is 5.26 Å².